The van der Waals surface area contributed by atoms with E-state index >= 15 is 0 Å². The summed E-state index contributed by atoms with van der Waals surface area (Å²) in [5.74, 6) is -0.276. The Kier molecular flexibility index (Phi) is 5.74. The standard InChI is InChI=1S/C22H24ClF3N2O6/c23-11-1-2-16-14(3-11)15(29)6-17(33-16)19(31)28-20-8-21(9-20,10-20)32-7-18(30)27-12-4-13(5-12)34-22(24,25)26/h1-3,12-13,15,17,29H,4-10H2,(H,27,30)(H,28,31)/t12?,13?,15-,17-,20?,21?/m1/s1. The third kappa shape index (κ3) is 4.71. The number of rotatable bonds is 7. The van der Waals surface area contributed by atoms with Crippen molar-refractivity contribution < 1.29 is 42.1 Å². The van der Waals surface area contributed by atoms with Crippen LogP contribution in [0.25, 0.3) is 0 Å². The monoisotopic (exact) mass is 504 g/mol. The zero-order valence-corrected chi connectivity index (χ0v) is 18.7. The highest BCUT2D eigenvalue weighted by Crippen LogP contribution is 2.62. The molecule has 1 heterocycles. The zero-order valence-electron chi connectivity index (χ0n) is 18.0. The van der Waals surface area contributed by atoms with Crippen molar-refractivity contribution in [2.24, 2.45) is 0 Å². The van der Waals surface area contributed by atoms with Gasteiger partial charge in [-0.05, 0) is 50.3 Å². The topological polar surface area (TPSA) is 106 Å². The summed E-state index contributed by atoms with van der Waals surface area (Å²) in [5.41, 5.74) is -0.321. The second kappa shape index (κ2) is 8.25. The van der Waals surface area contributed by atoms with E-state index in [1.807, 2.05) is 0 Å². The van der Waals surface area contributed by atoms with Gasteiger partial charge in [0.05, 0.1) is 17.8 Å². The Balaban J connectivity index is 1.02. The van der Waals surface area contributed by atoms with Crippen molar-refractivity contribution in [3.63, 3.8) is 0 Å². The van der Waals surface area contributed by atoms with E-state index in [0.717, 1.165) is 0 Å². The Hall–Kier alpha value is -2.08. The highest BCUT2D eigenvalue weighted by atomic mass is 35.5. The molecule has 12 heteroatoms. The van der Waals surface area contributed by atoms with E-state index < -0.39 is 35.8 Å². The van der Waals surface area contributed by atoms with Crippen molar-refractivity contribution in [2.75, 3.05) is 6.61 Å². The van der Waals surface area contributed by atoms with Gasteiger partial charge in [-0.2, -0.15) is 0 Å². The van der Waals surface area contributed by atoms with Crippen LogP contribution in [0.1, 0.15) is 50.2 Å². The first-order valence-electron chi connectivity index (χ1n) is 11.1. The normalized spacial score (nSPS) is 35.6. The van der Waals surface area contributed by atoms with Crippen LogP contribution in [-0.4, -0.2) is 59.3 Å². The minimum atomic E-state index is -4.67. The van der Waals surface area contributed by atoms with Gasteiger partial charge in [-0.1, -0.05) is 11.6 Å². The first-order chi connectivity index (χ1) is 15.9. The number of ether oxygens (including phenoxy) is 3. The highest BCUT2D eigenvalue weighted by molar-refractivity contribution is 6.30. The third-order valence-corrected chi connectivity index (χ3v) is 7.20. The van der Waals surface area contributed by atoms with Crippen LogP contribution < -0.4 is 15.4 Å². The molecule has 1 aromatic rings. The van der Waals surface area contributed by atoms with Crippen LogP contribution in [0.2, 0.25) is 5.02 Å². The smallest absolute Gasteiger partial charge is 0.480 e. The number of carbonyl (C=O) groups is 2. The average molecular weight is 505 g/mol. The summed E-state index contributed by atoms with van der Waals surface area (Å²) < 4.78 is 51.8. The first-order valence-corrected chi connectivity index (χ1v) is 11.5. The molecule has 186 valence electrons. The summed E-state index contributed by atoms with van der Waals surface area (Å²) in [7, 11) is 0. The number of carbonyl (C=O) groups excluding carboxylic acids is 2. The summed E-state index contributed by atoms with van der Waals surface area (Å²) in [5, 5.41) is 16.5. The molecule has 1 aliphatic heterocycles. The number of fused-ring (bicyclic) bond motifs is 1. The molecule has 0 radical (unpaired) electrons. The summed E-state index contributed by atoms with van der Waals surface area (Å²) in [6, 6.07) is 4.52. The molecule has 0 unspecified atom stereocenters. The predicted octanol–water partition coefficient (Wildman–Crippen LogP) is 2.52. The maximum absolute atomic E-state index is 12.7. The SMILES string of the molecule is O=C(COC12CC(NC(=O)[C@H]3C[C@@H](O)c4cc(Cl)ccc4O3)(C1)C2)NC1CC(OC(F)(F)F)C1. The minimum Gasteiger partial charge on any atom is -0.480 e. The summed E-state index contributed by atoms with van der Waals surface area (Å²) in [6.45, 7) is -0.192. The Labute approximate surface area is 198 Å². The molecule has 3 N–H and O–H groups in total. The van der Waals surface area contributed by atoms with E-state index in [-0.39, 0.29) is 43.7 Å². The number of aliphatic hydroxyl groups excluding tert-OH is 1. The van der Waals surface area contributed by atoms with Crippen LogP contribution in [0, 0.1) is 0 Å². The second-order valence-corrected chi connectivity index (χ2v) is 10.2. The molecule has 5 aliphatic rings. The molecule has 2 bridgehead atoms. The quantitative estimate of drug-likeness (QED) is 0.527. The molecule has 4 aliphatic carbocycles. The number of nitrogens with one attached hydrogen (secondary N) is 2. The molecule has 6 rings (SSSR count). The number of hydrogen-bond donors (Lipinski definition) is 3. The van der Waals surface area contributed by atoms with Gasteiger partial charge in [-0.15, -0.1) is 13.2 Å². The van der Waals surface area contributed by atoms with Crippen molar-refractivity contribution >= 4 is 23.4 Å². The van der Waals surface area contributed by atoms with Gasteiger partial charge in [0.2, 0.25) is 5.91 Å². The lowest BCUT2D eigenvalue weighted by Crippen LogP contribution is -2.80. The first kappa shape index (κ1) is 23.7. The van der Waals surface area contributed by atoms with Crippen molar-refractivity contribution in [2.45, 2.75) is 80.4 Å². The minimum absolute atomic E-state index is 0.112. The van der Waals surface area contributed by atoms with Crippen LogP contribution in [0.3, 0.4) is 0 Å². The van der Waals surface area contributed by atoms with Crippen LogP contribution in [0.4, 0.5) is 13.2 Å². The lowest BCUT2D eigenvalue weighted by molar-refractivity contribution is -0.351. The molecule has 4 saturated carbocycles. The lowest BCUT2D eigenvalue weighted by Gasteiger charge is -2.69. The fraction of sp³-hybridized carbons (Fsp3) is 0.636. The fourth-order valence-corrected chi connectivity index (χ4v) is 5.54. The van der Waals surface area contributed by atoms with Gasteiger partial charge in [0, 0.05) is 28.6 Å². The van der Waals surface area contributed by atoms with Crippen LogP contribution >= 0.6 is 11.6 Å². The van der Waals surface area contributed by atoms with Gasteiger partial charge < -0.3 is 25.2 Å². The van der Waals surface area contributed by atoms with E-state index in [9.17, 15) is 27.9 Å². The van der Waals surface area contributed by atoms with Gasteiger partial charge in [0.1, 0.15) is 12.4 Å². The van der Waals surface area contributed by atoms with Gasteiger partial charge >= 0.3 is 6.36 Å². The second-order valence-electron chi connectivity index (χ2n) is 9.73. The Morgan fingerprint density at radius 1 is 1.21 bits per heavy atom. The van der Waals surface area contributed by atoms with E-state index in [2.05, 4.69) is 15.4 Å². The summed E-state index contributed by atoms with van der Waals surface area (Å²) in [6.07, 6.45) is -5.25. The summed E-state index contributed by atoms with van der Waals surface area (Å²) >= 11 is 5.95. The Bertz CT molecular complexity index is 980. The molecule has 2 amide bonds. The van der Waals surface area contributed by atoms with Gasteiger partial charge in [-0.25, -0.2) is 0 Å². The van der Waals surface area contributed by atoms with Gasteiger partial charge in [0.15, 0.2) is 6.10 Å². The lowest BCUT2D eigenvalue weighted by atomic mass is 9.46. The predicted molar refractivity (Wildman–Crippen MR) is 111 cm³/mol. The largest absolute Gasteiger partial charge is 0.522 e. The van der Waals surface area contributed by atoms with E-state index in [4.69, 9.17) is 21.1 Å². The van der Waals surface area contributed by atoms with Crippen molar-refractivity contribution in [3.8, 4) is 5.75 Å². The van der Waals surface area contributed by atoms with Gasteiger partial charge in [-0.3, -0.25) is 14.3 Å². The fourth-order valence-electron chi connectivity index (χ4n) is 5.36. The maximum atomic E-state index is 12.7. The molecule has 0 spiro atoms. The molecule has 1 aromatic carbocycles. The van der Waals surface area contributed by atoms with Crippen LogP contribution in [-0.2, 0) is 19.1 Å². The van der Waals surface area contributed by atoms with Gasteiger partial charge in [0.25, 0.3) is 5.91 Å². The zero-order chi connectivity index (χ0) is 24.3. The molecular formula is C22H24ClF3N2O6. The third-order valence-electron chi connectivity index (χ3n) is 6.97. The molecular weight excluding hydrogens is 481 g/mol. The highest BCUT2D eigenvalue weighted by Gasteiger charge is 2.70. The van der Waals surface area contributed by atoms with Crippen molar-refractivity contribution in [1.29, 1.82) is 0 Å². The Morgan fingerprint density at radius 2 is 1.91 bits per heavy atom. The molecule has 2 atom stereocenters. The van der Waals surface area contributed by atoms with Crippen LogP contribution in [0.5, 0.6) is 5.75 Å². The summed E-state index contributed by atoms with van der Waals surface area (Å²) in [4.78, 5) is 24.8. The van der Waals surface area contributed by atoms with E-state index in [1.54, 1.807) is 18.2 Å². The van der Waals surface area contributed by atoms with Crippen molar-refractivity contribution in [3.05, 3.63) is 28.8 Å². The van der Waals surface area contributed by atoms with Crippen molar-refractivity contribution in [1.82, 2.24) is 10.6 Å². The molecule has 0 saturated heterocycles. The number of alkyl halides is 3. The number of aliphatic hydroxyl groups is 1. The number of benzene rings is 1. The maximum Gasteiger partial charge on any atom is 0.522 e. The molecule has 4 fully saturated rings. The number of amides is 2. The number of hydrogen-bond acceptors (Lipinski definition) is 6. The Morgan fingerprint density at radius 3 is 2.59 bits per heavy atom. The van der Waals surface area contributed by atoms with E-state index in [0.29, 0.717) is 35.6 Å². The van der Waals surface area contributed by atoms with E-state index in [1.165, 1.54) is 0 Å². The van der Waals surface area contributed by atoms with Crippen LogP contribution in [0.15, 0.2) is 18.2 Å². The molecule has 0 aromatic heterocycles. The average Bonchev–Trinajstić information content (AvgIpc) is 2.66. The number of halogens is 4. The molecule has 34 heavy (non-hydrogen) atoms. The molecule has 8 nitrogen and oxygen atoms in total.